The Morgan fingerprint density at radius 2 is 0.824 bits per heavy atom. The molecule has 2 rings (SSSR count). The van der Waals surface area contributed by atoms with Crippen molar-refractivity contribution < 1.29 is 14.2 Å². The summed E-state index contributed by atoms with van der Waals surface area (Å²) in [5.41, 5.74) is 0. The SMILES string of the molecule is COc1ccc(Oc2ccc(OC)cc2)cc1. The predicted octanol–water partition coefficient (Wildman–Crippen LogP) is 3.50. The number of benzene rings is 2. The molecule has 2 aromatic carbocycles. The van der Waals surface area contributed by atoms with Gasteiger partial charge in [-0.1, -0.05) is 0 Å². The Morgan fingerprint density at radius 1 is 0.529 bits per heavy atom. The third-order valence-corrected chi connectivity index (χ3v) is 2.35. The summed E-state index contributed by atoms with van der Waals surface area (Å²) in [4.78, 5) is 0. The molecule has 3 nitrogen and oxygen atoms in total. The number of rotatable bonds is 4. The van der Waals surface area contributed by atoms with Crippen LogP contribution in [0.25, 0.3) is 0 Å². The van der Waals surface area contributed by atoms with Crippen LogP contribution in [0, 0.1) is 0 Å². The fourth-order valence-electron chi connectivity index (χ4n) is 1.42. The molecule has 0 N–H and O–H groups in total. The van der Waals surface area contributed by atoms with Gasteiger partial charge in [0.05, 0.1) is 14.2 Å². The van der Waals surface area contributed by atoms with Crippen LogP contribution in [-0.2, 0) is 0 Å². The summed E-state index contributed by atoms with van der Waals surface area (Å²) in [5.74, 6) is 3.17. The summed E-state index contributed by atoms with van der Waals surface area (Å²) in [6.45, 7) is 0. The highest BCUT2D eigenvalue weighted by Crippen LogP contribution is 2.25. The molecule has 0 unspecified atom stereocenters. The molecule has 3 heteroatoms. The summed E-state index contributed by atoms with van der Waals surface area (Å²) < 4.78 is 15.8. The van der Waals surface area contributed by atoms with Crippen molar-refractivity contribution >= 4 is 0 Å². The third-order valence-electron chi connectivity index (χ3n) is 2.35. The lowest BCUT2D eigenvalue weighted by Gasteiger charge is -2.07. The molecule has 0 aliphatic heterocycles. The molecule has 0 aromatic heterocycles. The van der Waals surface area contributed by atoms with E-state index in [1.54, 1.807) is 14.2 Å². The van der Waals surface area contributed by atoms with Crippen molar-refractivity contribution in [3.63, 3.8) is 0 Å². The Morgan fingerprint density at radius 3 is 1.12 bits per heavy atom. The Kier molecular flexibility index (Phi) is 3.50. The highest BCUT2D eigenvalue weighted by Gasteiger charge is 1.98. The van der Waals surface area contributed by atoms with Crippen LogP contribution >= 0.6 is 0 Å². The number of hydrogen-bond donors (Lipinski definition) is 0. The van der Waals surface area contributed by atoms with Crippen LogP contribution < -0.4 is 14.2 Å². The van der Waals surface area contributed by atoms with Gasteiger partial charge < -0.3 is 14.2 Å². The van der Waals surface area contributed by atoms with E-state index in [2.05, 4.69) is 0 Å². The summed E-state index contributed by atoms with van der Waals surface area (Å²) in [5, 5.41) is 0. The van der Waals surface area contributed by atoms with E-state index in [0.29, 0.717) is 0 Å². The van der Waals surface area contributed by atoms with Crippen LogP contribution in [0.4, 0.5) is 0 Å². The first-order chi connectivity index (χ1) is 8.31. The van der Waals surface area contributed by atoms with Crippen LogP contribution in [0.15, 0.2) is 48.5 Å². The largest absolute Gasteiger partial charge is 0.497 e. The van der Waals surface area contributed by atoms with Crippen LogP contribution in [0.3, 0.4) is 0 Å². The maximum Gasteiger partial charge on any atom is 0.127 e. The first-order valence-electron chi connectivity index (χ1n) is 5.28. The zero-order chi connectivity index (χ0) is 12.1. The second kappa shape index (κ2) is 5.25. The monoisotopic (exact) mass is 230 g/mol. The second-order valence-electron chi connectivity index (χ2n) is 3.45. The molecule has 0 heterocycles. The average molecular weight is 230 g/mol. The van der Waals surface area contributed by atoms with Crippen molar-refractivity contribution in [3.8, 4) is 23.0 Å². The lowest BCUT2D eigenvalue weighted by atomic mass is 10.3. The molecule has 0 aliphatic rings. The quantitative estimate of drug-likeness (QED) is 0.804. The molecule has 0 atom stereocenters. The van der Waals surface area contributed by atoms with Crippen molar-refractivity contribution in [1.82, 2.24) is 0 Å². The van der Waals surface area contributed by atoms with Gasteiger partial charge in [-0.05, 0) is 48.5 Å². The van der Waals surface area contributed by atoms with Crippen molar-refractivity contribution in [3.05, 3.63) is 48.5 Å². The molecule has 0 fully saturated rings. The standard InChI is InChI=1S/C14H14O3/c1-15-11-3-7-13(8-4-11)17-14-9-5-12(16-2)6-10-14/h3-10H,1-2H3. The number of ether oxygens (including phenoxy) is 3. The topological polar surface area (TPSA) is 27.7 Å². The van der Waals surface area contributed by atoms with Gasteiger partial charge in [-0.15, -0.1) is 0 Å². The second-order valence-corrected chi connectivity index (χ2v) is 3.45. The van der Waals surface area contributed by atoms with Crippen LogP contribution in [0.5, 0.6) is 23.0 Å². The lowest BCUT2D eigenvalue weighted by Crippen LogP contribution is -1.86. The molecule has 0 saturated carbocycles. The van der Waals surface area contributed by atoms with E-state index < -0.39 is 0 Å². The van der Waals surface area contributed by atoms with Crippen LogP contribution in [-0.4, -0.2) is 14.2 Å². The maximum atomic E-state index is 5.67. The molecule has 0 saturated heterocycles. The Balaban J connectivity index is 2.08. The Labute approximate surface area is 101 Å². The molecule has 88 valence electrons. The van der Waals surface area contributed by atoms with Gasteiger partial charge in [0.2, 0.25) is 0 Å². The molecular weight excluding hydrogens is 216 g/mol. The van der Waals surface area contributed by atoms with Gasteiger partial charge in [0, 0.05) is 0 Å². The summed E-state index contributed by atoms with van der Waals surface area (Å²) >= 11 is 0. The van der Waals surface area contributed by atoms with E-state index in [4.69, 9.17) is 14.2 Å². The van der Waals surface area contributed by atoms with Gasteiger partial charge in [0.1, 0.15) is 23.0 Å². The number of hydrogen-bond acceptors (Lipinski definition) is 3. The number of methoxy groups -OCH3 is 2. The van der Waals surface area contributed by atoms with E-state index >= 15 is 0 Å². The van der Waals surface area contributed by atoms with Gasteiger partial charge >= 0.3 is 0 Å². The van der Waals surface area contributed by atoms with E-state index in [1.807, 2.05) is 48.5 Å². The zero-order valence-electron chi connectivity index (χ0n) is 9.84. The molecule has 2 aromatic rings. The first kappa shape index (κ1) is 11.3. The van der Waals surface area contributed by atoms with Crippen molar-refractivity contribution in [2.45, 2.75) is 0 Å². The maximum absolute atomic E-state index is 5.67. The highest BCUT2D eigenvalue weighted by molar-refractivity contribution is 5.37. The van der Waals surface area contributed by atoms with Gasteiger partial charge in [-0.25, -0.2) is 0 Å². The van der Waals surface area contributed by atoms with Gasteiger partial charge in [-0.3, -0.25) is 0 Å². The molecule has 17 heavy (non-hydrogen) atoms. The average Bonchev–Trinajstić information content (AvgIpc) is 2.40. The molecular formula is C14H14O3. The normalized spacial score (nSPS) is 9.76. The van der Waals surface area contributed by atoms with Crippen molar-refractivity contribution in [2.24, 2.45) is 0 Å². The van der Waals surface area contributed by atoms with Gasteiger partial charge in [0.25, 0.3) is 0 Å². The van der Waals surface area contributed by atoms with Gasteiger partial charge in [-0.2, -0.15) is 0 Å². The minimum absolute atomic E-state index is 0.774. The minimum atomic E-state index is 0.774. The van der Waals surface area contributed by atoms with Crippen molar-refractivity contribution in [2.75, 3.05) is 14.2 Å². The first-order valence-corrected chi connectivity index (χ1v) is 5.28. The molecule has 0 radical (unpaired) electrons. The van der Waals surface area contributed by atoms with Gasteiger partial charge in [0.15, 0.2) is 0 Å². The summed E-state index contributed by atoms with van der Waals surface area (Å²) in [6, 6.07) is 14.9. The van der Waals surface area contributed by atoms with E-state index in [1.165, 1.54) is 0 Å². The Bertz CT molecular complexity index is 414. The van der Waals surface area contributed by atoms with E-state index in [-0.39, 0.29) is 0 Å². The van der Waals surface area contributed by atoms with Crippen molar-refractivity contribution in [1.29, 1.82) is 0 Å². The predicted molar refractivity (Wildman–Crippen MR) is 66.1 cm³/mol. The molecule has 0 aliphatic carbocycles. The smallest absolute Gasteiger partial charge is 0.127 e. The van der Waals surface area contributed by atoms with E-state index in [0.717, 1.165) is 23.0 Å². The van der Waals surface area contributed by atoms with Crippen LogP contribution in [0.1, 0.15) is 0 Å². The summed E-state index contributed by atoms with van der Waals surface area (Å²) in [7, 11) is 3.28. The third kappa shape index (κ3) is 2.91. The lowest BCUT2D eigenvalue weighted by molar-refractivity contribution is 0.411. The molecule has 0 bridgehead atoms. The molecule has 0 spiro atoms. The van der Waals surface area contributed by atoms with E-state index in [9.17, 15) is 0 Å². The molecule has 0 amide bonds. The zero-order valence-corrected chi connectivity index (χ0v) is 9.84. The highest BCUT2D eigenvalue weighted by atomic mass is 16.5. The fourth-order valence-corrected chi connectivity index (χ4v) is 1.42. The minimum Gasteiger partial charge on any atom is -0.497 e. The summed E-state index contributed by atoms with van der Waals surface area (Å²) in [6.07, 6.45) is 0. The van der Waals surface area contributed by atoms with Crippen LogP contribution in [0.2, 0.25) is 0 Å². The fraction of sp³-hybridized carbons (Fsp3) is 0.143. The Hall–Kier alpha value is -2.16.